The fourth-order valence-electron chi connectivity index (χ4n) is 2.46. The highest BCUT2D eigenvalue weighted by atomic mass is 19.1. The quantitative estimate of drug-likeness (QED) is 0.913. The molecule has 1 saturated heterocycles. The normalized spacial score (nSPS) is 16.3. The number of halogens is 1. The number of hydrogen-bond acceptors (Lipinski definition) is 7. The lowest BCUT2D eigenvalue weighted by Gasteiger charge is -2.29. The summed E-state index contributed by atoms with van der Waals surface area (Å²) in [5.74, 6) is -0.343. The van der Waals surface area contributed by atoms with Crippen molar-refractivity contribution < 1.29 is 13.9 Å². The third-order valence-corrected chi connectivity index (χ3v) is 3.95. The summed E-state index contributed by atoms with van der Waals surface area (Å²) in [7, 11) is 0. The number of nitrogen functional groups attached to an aromatic ring is 1. The van der Waals surface area contributed by atoms with Gasteiger partial charge >= 0.3 is 6.01 Å². The molecule has 3 rings (SSSR count). The third kappa shape index (κ3) is 3.41. The van der Waals surface area contributed by atoms with Crippen LogP contribution >= 0.6 is 0 Å². The number of anilines is 1. The van der Waals surface area contributed by atoms with Gasteiger partial charge in [-0.3, -0.25) is 0 Å². The van der Waals surface area contributed by atoms with Crippen molar-refractivity contribution in [1.29, 1.82) is 5.26 Å². The Morgan fingerprint density at radius 2 is 2.17 bits per heavy atom. The second-order valence-electron chi connectivity index (χ2n) is 5.61. The maximum atomic E-state index is 13.9. The van der Waals surface area contributed by atoms with Crippen LogP contribution in [0.25, 0.3) is 11.3 Å². The summed E-state index contributed by atoms with van der Waals surface area (Å²) in [5, 5.41) is 9.42. The first kappa shape index (κ1) is 16.1. The van der Waals surface area contributed by atoms with E-state index in [0.717, 1.165) is 6.20 Å². The van der Waals surface area contributed by atoms with Gasteiger partial charge in [0.2, 0.25) is 0 Å². The van der Waals surface area contributed by atoms with Crippen LogP contribution in [0.1, 0.15) is 12.8 Å². The number of hydrogen-bond donors (Lipinski definition) is 1. The molecular formula is C16H16FN5O2. The smallest absolute Gasteiger partial charge is 0.316 e. The number of rotatable bonds is 4. The second-order valence-corrected chi connectivity index (χ2v) is 5.61. The van der Waals surface area contributed by atoms with Gasteiger partial charge < -0.3 is 15.2 Å². The van der Waals surface area contributed by atoms with Crippen molar-refractivity contribution in [2.75, 3.05) is 25.6 Å². The first-order valence-corrected chi connectivity index (χ1v) is 7.48. The summed E-state index contributed by atoms with van der Waals surface area (Å²) < 4.78 is 24.8. The molecule has 0 bridgehead atoms. The molecule has 2 aromatic heterocycles. The molecule has 24 heavy (non-hydrogen) atoms. The molecule has 2 aromatic rings. The van der Waals surface area contributed by atoms with Crippen LogP contribution in [0.3, 0.4) is 0 Å². The average molecular weight is 329 g/mol. The van der Waals surface area contributed by atoms with E-state index in [9.17, 15) is 9.65 Å². The van der Waals surface area contributed by atoms with Crippen molar-refractivity contribution >= 4 is 5.82 Å². The lowest BCUT2D eigenvalue weighted by atomic mass is 9.83. The van der Waals surface area contributed by atoms with E-state index in [1.807, 2.05) is 0 Å². The molecule has 1 fully saturated rings. The lowest BCUT2D eigenvalue weighted by Crippen LogP contribution is -2.34. The van der Waals surface area contributed by atoms with E-state index in [0.29, 0.717) is 31.7 Å². The summed E-state index contributed by atoms with van der Waals surface area (Å²) in [6.45, 7) is 1.22. The first-order valence-electron chi connectivity index (χ1n) is 7.48. The van der Waals surface area contributed by atoms with Crippen LogP contribution in [-0.4, -0.2) is 34.8 Å². The topological polar surface area (TPSA) is 107 Å². The zero-order chi connectivity index (χ0) is 17.0. The Morgan fingerprint density at radius 1 is 1.38 bits per heavy atom. The van der Waals surface area contributed by atoms with Gasteiger partial charge in [0.1, 0.15) is 12.4 Å². The van der Waals surface area contributed by atoms with Crippen LogP contribution in [0.4, 0.5) is 10.2 Å². The monoisotopic (exact) mass is 329 g/mol. The predicted octanol–water partition coefficient (Wildman–Crippen LogP) is 1.96. The lowest BCUT2D eigenvalue weighted by molar-refractivity contribution is 0.0174. The SMILES string of the molecule is N#CC1(COc2nccc(-c3cc(N)ncc3F)n2)CCOCC1. The van der Waals surface area contributed by atoms with Crippen LogP contribution in [-0.2, 0) is 4.74 Å². The van der Waals surface area contributed by atoms with E-state index in [-0.39, 0.29) is 24.0 Å². The fourth-order valence-corrected chi connectivity index (χ4v) is 2.46. The number of nitriles is 1. The molecule has 124 valence electrons. The molecule has 0 unspecified atom stereocenters. The molecular weight excluding hydrogens is 313 g/mol. The summed E-state index contributed by atoms with van der Waals surface area (Å²) in [6.07, 6.45) is 3.70. The average Bonchev–Trinajstić information content (AvgIpc) is 2.63. The second kappa shape index (κ2) is 6.76. The molecule has 0 radical (unpaired) electrons. The largest absolute Gasteiger partial charge is 0.462 e. The maximum absolute atomic E-state index is 13.9. The number of nitrogens with two attached hydrogens (primary N) is 1. The zero-order valence-corrected chi connectivity index (χ0v) is 12.9. The van der Waals surface area contributed by atoms with Crippen molar-refractivity contribution in [3.63, 3.8) is 0 Å². The van der Waals surface area contributed by atoms with Crippen LogP contribution in [0.2, 0.25) is 0 Å². The number of pyridine rings is 1. The van der Waals surface area contributed by atoms with Crippen LogP contribution in [0.5, 0.6) is 6.01 Å². The van der Waals surface area contributed by atoms with Crippen molar-refractivity contribution in [2.45, 2.75) is 12.8 Å². The Hall–Kier alpha value is -2.79. The number of ether oxygens (including phenoxy) is 2. The van der Waals surface area contributed by atoms with Gasteiger partial charge in [0, 0.05) is 25.0 Å². The molecule has 7 nitrogen and oxygen atoms in total. The zero-order valence-electron chi connectivity index (χ0n) is 12.9. The van der Waals surface area contributed by atoms with Crippen LogP contribution in [0.15, 0.2) is 24.5 Å². The number of nitrogens with zero attached hydrogens (tertiary/aromatic N) is 4. The van der Waals surface area contributed by atoms with E-state index in [1.165, 1.54) is 12.3 Å². The van der Waals surface area contributed by atoms with E-state index < -0.39 is 11.2 Å². The van der Waals surface area contributed by atoms with Crippen molar-refractivity contribution in [3.05, 3.63) is 30.3 Å². The minimum absolute atomic E-state index is 0.0865. The Kier molecular flexibility index (Phi) is 4.53. The molecule has 8 heteroatoms. The van der Waals surface area contributed by atoms with Crippen LogP contribution < -0.4 is 10.5 Å². The summed E-state index contributed by atoms with van der Waals surface area (Å²) in [4.78, 5) is 11.9. The Morgan fingerprint density at radius 3 is 2.92 bits per heavy atom. The van der Waals surface area contributed by atoms with Crippen molar-refractivity contribution in [1.82, 2.24) is 15.0 Å². The van der Waals surface area contributed by atoms with Gasteiger partial charge in [-0.2, -0.15) is 10.2 Å². The van der Waals surface area contributed by atoms with Gasteiger partial charge in [0.05, 0.1) is 23.4 Å². The van der Waals surface area contributed by atoms with Crippen molar-refractivity contribution in [2.24, 2.45) is 5.41 Å². The molecule has 0 aromatic carbocycles. The fraction of sp³-hybridized carbons (Fsp3) is 0.375. The molecule has 0 aliphatic carbocycles. The van der Waals surface area contributed by atoms with Gasteiger partial charge in [-0.25, -0.2) is 14.4 Å². The van der Waals surface area contributed by atoms with Gasteiger partial charge in [0.25, 0.3) is 0 Å². The predicted molar refractivity (Wildman–Crippen MR) is 83.2 cm³/mol. The molecule has 0 saturated carbocycles. The highest BCUT2D eigenvalue weighted by Gasteiger charge is 2.34. The van der Waals surface area contributed by atoms with Crippen LogP contribution in [0, 0.1) is 22.6 Å². The van der Waals surface area contributed by atoms with Gasteiger partial charge in [-0.15, -0.1) is 0 Å². The summed E-state index contributed by atoms with van der Waals surface area (Å²) >= 11 is 0. The molecule has 1 aliphatic rings. The molecule has 0 atom stereocenters. The Bertz CT molecular complexity index is 771. The van der Waals surface area contributed by atoms with E-state index in [1.54, 1.807) is 6.07 Å². The molecule has 0 amide bonds. The standard InChI is InChI=1S/C16H16FN5O2/c17-12-8-21-14(19)7-11(12)13-1-4-20-15(22-13)24-10-16(9-18)2-5-23-6-3-16/h1,4,7-8H,2-3,5-6,10H2,(H2,19,21). The Labute approximate surface area is 138 Å². The van der Waals surface area contributed by atoms with Gasteiger partial charge in [0.15, 0.2) is 5.82 Å². The molecule has 2 N–H and O–H groups in total. The summed E-state index contributed by atoms with van der Waals surface area (Å²) in [6, 6.07) is 5.35. The van der Waals surface area contributed by atoms with E-state index in [2.05, 4.69) is 21.0 Å². The molecule has 0 spiro atoms. The van der Waals surface area contributed by atoms with Gasteiger partial charge in [-0.05, 0) is 25.0 Å². The minimum Gasteiger partial charge on any atom is -0.462 e. The molecule has 1 aliphatic heterocycles. The minimum atomic E-state index is -0.607. The van der Waals surface area contributed by atoms with E-state index >= 15 is 0 Å². The Balaban J connectivity index is 1.78. The van der Waals surface area contributed by atoms with Crippen molar-refractivity contribution in [3.8, 4) is 23.3 Å². The first-order chi connectivity index (χ1) is 11.6. The van der Waals surface area contributed by atoms with Gasteiger partial charge in [-0.1, -0.05) is 0 Å². The summed E-state index contributed by atoms with van der Waals surface area (Å²) in [5.41, 5.74) is 5.54. The number of aromatic nitrogens is 3. The highest BCUT2D eigenvalue weighted by molar-refractivity contribution is 5.62. The maximum Gasteiger partial charge on any atom is 0.316 e. The highest BCUT2D eigenvalue weighted by Crippen LogP contribution is 2.30. The van der Waals surface area contributed by atoms with E-state index in [4.69, 9.17) is 15.2 Å². The molecule has 3 heterocycles. The third-order valence-electron chi connectivity index (χ3n) is 3.95.